The van der Waals surface area contributed by atoms with Gasteiger partial charge in [0, 0.05) is 49.0 Å². The number of aromatic nitrogens is 1. The van der Waals surface area contributed by atoms with Crippen molar-refractivity contribution in [1.82, 2.24) is 15.6 Å². The molecule has 1 amide bonds. The van der Waals surface area contributed by atoms with Gasteiger partial charge in [0.2, 0.25) is 0 Å². The van der Waals surface area contributed by atoms with Crippen molar-refractivity contribution < 1.29 is 9.53 Å². The van der Waals surface area contributed by atoms with Crippen LogP contribution in [0.3, 0.4) is 0 Å². The van der Waals surface area contributed by atoms with Gasteiger partial charge in [-0.05, 0) is 48.9 Å². The predicted octanol–water partition coefficient (Wildman–Crippen LogP) is 2.58. The second-order valence-corrected chi connectivity index (χ2v) is 10.2. The number of carbonyl (C=O) groups excluding carboxylic acids is 1. The van der Waals surface area contributed by atoms with E-state index >= 15 is 0 Å². The standard InChI is InChI=1S/C24H27N5O2S/c1-13-2-5-19-21(25)22(32-24(19)27-13)23(30)28-17-6-14-3-4-18(7-20(14)31-12-17)29-10-15-8-26-9-16(15)11-29/h2-5,7,15-17,26H,6,8-12,25H2,1H3,(H,28,30)/t15-,16-,17+/m0/s1. The Morgan fingerprint density at radius 2 is 2.06 bits per heavy atom. The molecule has 3 aliphatic rings. The van der Waals surface area contributed by atoms with Gasteiger partial charge in [-0.3, -0.25) is 4.79 Å². The average Bonchev–Trinajstić information content (AvgIpc) is 3.47. The predicted molar refractivity (Wildman–Crippen MR) is 128 cm³/mol. The molecule has 3 aliphatic heterocycles. The number of nitrogen functional groups attached to an aromatic ring is 1. The molecule has 2 saturated heterocycles. The second-order valence-electron chi connectivity index (χ2n) is 9.21. The lowest BCUT2D eigenvalue weighted by Crippen LogP contribution is -2.42. The number of ether oxygens (including phenoxy) is 1. The summed E-state index contributed by atoms with van der Waals surface area (Å²) in [5.41, 5.74) is 10.0. The van der Waals surface area contributed by atoms with E-state index in [1.807, 2.05) is 19.1 Å². The van der Waals surface area contributed by atoms with Crippen LogP contribution >= 0.6 is 11.3 Å². The van der Waals surface area contributed by atoms with Crippen LogP contribution in [0.15, 0.2) is 30.3 Å². The Bertz CT molecular complexity index is 1200. The number of rotatable bonds is 3. The Balaban J connectivity index is 1.15. The summed E-state index contributed by atoms with van der Waals surface area (Å²) in [6.07, 6.45) is 0.749. The van der Waals surface area contributed by atoms with Crippen LogP contribution in [0.1, 0.15) is 20.9 Å². The Morgan fingerprint density at radius 1 is 1.25 bits per heavy atom. The van der Waals surface area contributed by atoms with Crippen molar-refractivity contribution in [2.75, 3.05) is 43.4 Å². The molecule has 4 N–H and O–H groups in total. The van der Waals surface area contributed by atoms with Gasteiger partial charge in [0.15, 0.2) is 0 Å². The molecular formula is C24H27N5O2S. The summed E-state index contributed by atoms with van der Waals surface area (Å²) in [5, 5.41) is 7.44. The molecule has 3 aromatic rings. The number of anilines is 2. The Hall–Kier alpha value is -2.84. The number of hydrogen-bond acceptors (Lipinski definition) is 7. The molecule has 32 heavy (non-hydrogen) atoms. The molecule has 0 unspecified atom stereocenters. The summed E-state index contributed by atoms with van der Waals surface area (Å²) in [5.74, 6) is 2.29. The Morgan fingerprint density at radius 3 is 2.88 bits per heavy atom. The minimum absolute atomic E-state index is 0.0858. The highest BCUT2D eigenvalue weighted by Crippen LogP contribution is 2.36. The number of nitrogens with two attached hydrogens (primary N) is 1. The lowest BCUT2D eigenvalue weighted by molar-refractivity contribution is 0.0920. The van der Waals surface area contributed by atoms with Crippen LogP contribution in [0.4, 0.5) is 11.4 Å². The summed E-state index contributed by atoms with van der Waals surface area (Å²) in [6, 6.07) is 10.3. The molecule has 5 heterocycles. The molecule has 3 atom stereocenters. The van der Waals surface area contributed by atoms with E-state index in [-0.39, 0.29) is 11.9 Å². The molecule has 0 saturated carbocycles. The van der Waals surface area contributed by atoms with Gasteiger partial charge in [0.25, 0.3) is 5.91 Å². The molecule has 0 radical (unpaired) electrons. The fourth-order valence-electron chi connectivity index (χ4n) is 5.23. The minimum Gasteiger partial charge on any atom is -0.491 e. The quantitative estimate of drug-likeness (QED) is 0.569. The van der Waals surface area contributed by atoms with E-state index in [9.17, 15) is 4.79 Å². The molecule has 0 bridgehead atoms. The molecule has 6 rings (SSSR count). The minimum atomic E-state index is -0.158. The van der Waals surface area contributed by atoms with Crippen molar-refractivity contribution in [3.8, 4) is 5.75 Å². The number of nitrogens with one attached hydrogen (secondary N) is 2. The van der Waals surface area contributed by atoms with Crippen LogP contribution in [-0.4, -0.2) is 49.7 Å². The number of nitrogens with zero attached hydrogens (tertiary/aromatic N) is 2. The maximum Gasteiger partial charge on any atom is 0.263 e. The zero-order valence-electron chi connectivity index (χ0n) is 18.1. The Kier molecular flexibility index (Phi) is 4.73. The summed E-state index contributed by atoms with van der Waals surface area (Å²) in [4.78, 5) is 21.2. The lowest BCUT2D eigenvalue weighted by atomic mass is 10.0. The number of amides is 1. The fraction of sp³-hybridized carbons (Fsp3) is 0.417. The molecule has 0 aliphatic carbocycles. The highest BCUT2D eigenvalue weighted by Gasteiger charge is 2.36. The van der Waals surface area contributed by atoms with Gasteiger partial charge in [-0.25, -0.2) is 4.98 Å². The third-order valence-corrected chi connectivity index (χ3v) is 8.10. The zero-order chi connectivity index (χ0) is 21.8. The number of benzene rings is 1. The first kappa shape index (κ1) is 19.8. The molecule has 166 valence electrons. The van der Waals surface area contributed by atoms with Crippen LogP contribution in [0, 0.1) is 18.8 Å². The van der Waals surface area contributed by atoms with E-state index in [4.69, 9.17) is 10.5 Å². The number of hydrogen-bond donors (Lipinski definition) is 3. The van der Waals surface area contributed by atoms with Crippen molar-refractivity contribution in [2.24, 2.45) is 11.8 Å². The number of thiophene rings is 1. The maximum atomic E-state index is 12.9. The van der Waals surface area contributed by atoms with E-state index in [1.165, 1.54) is 17.0 Å². The van der Waals surface area contributed by atoms with Gasteiger partial charge >= 0.3 is 0 Å². The lowest BCUT2D eigenvalue weighted by Gasteiger charge is -2.28. The first-order valence-corrected chi connectivity index (χ1v) is 12.0. The molecular weight excluding hydrogens is 422 g/mol. The SMILES string of the molecule is Cc1ccc2c(N)c(C(=O)N[C@H]3COc4cc(N5C[C@@H]6CNC[C@H]6C5)ccc4C3)sc2n1. The van der Waals surface area contributed by atoms with Crippen molar-refractivity contribution in [3.05, 3.63) is 46.5 Å². The van der Waals surface area contributed by atoms with Crippen LogP contribution < -0.4 is 26.0 Å². The van der Waals surface area contributed by atoms with Gasteiger partial charge in [-0.2, -0.15) is 0 Å². The average molecular weight is 450 g/mol. The van der Waals surface area contributed by atoms with Crippen LogP contribution in [0.2, 0.25) is 0 Å². The smallest absolute Gasteiger partial charge is 0.263 e. The molecule has 2 fully saturated rings. The summed E-state index contributed by atoms with van der Waals surface area (Å²) >= 11 is 1.34. The van der Waals surface area contributed by atoms with E-state index < -0.39 is 0 Å². The monoisotopic (exact) mass is 449 g/mol. The molecule has 0 spiro atoms. The Labute approximate surface area is 191 Å². The largest absolute Gasteiger partial charge is 0.491 e. The van der Waals surface area contributed by atoms with Gasteiger partial charge in [0.05, 0.1) is 11.7 Å². The van der Waals surface area contributed by atoms with Crippen LogP contribution in [-0.2, 0) is 6.42 Å². The molecule has 1 aromatic carbocycles. The molecule has 2 aromatic heterocycles. The third kappa shape index (κ3) is 3.38. The third-order valence-electron chi connectivity index (χ3n) is 6.99. The highest BCUT2D eigenvalue weighted by atomic mass is 32.1. The summed E-state index contributed by atoms with van der Waals surface area (Å²) < 4.78 is 6.08. The summed E-state index contributed by atoms with van der Waals surface area (Å²) in [7, 11) is 0. The van der Waals surface area contributed by atoms with E-state index in [0.717, 1.165) is 71.7 Å². The van der Waals surface area contributed by atoms with E-state index in [2.05, 4.69) is 38.7 Å². The first-order valence-electron chi connectivity index (χ1n) is 11.2. The van der Waals surface area contributed by atoms with Crippen LogP contribution in [0.5, 0.6) is 5.75 Å². The maximum absolute atomic E-state index is 12.9. The molecule has 7 nitrogen and oxygen atoms in total. The van der Waals surface area contributed by atoms with Crippen LogP contribution in [0.25, 0.3) is 10.2 Å². The first-order chi connectivity index (χ1) is 15.5. The summed E-state index contributed by atoms with van der Waals surface area (Å²) in [6.45, 7) is 6.87. The number of fused-ring (bicyclic) bond motifs is 3. The normalized spacial score (nSPS) is 24.3. The highest BCUT2D eigenvalue weighted by molar-refractivity contribution is 7.21. The zero-order valence-corrected chi connectivity index (χ0v) is 18.9. The molecule has 8 heteroatoms. The topological polar surface area (TPSA) is 92.5 Å². The van der Waals surface area contributed by atoms with Gasteiger partial charge in [-0.1, -0.05) is 6.07 Å². The second kappa shape index (κ2) is 7.64. The van der Waals surface area contributed by atoms with Gasteiger partial charge in [-0.15, -0.1) is 11.3 Å². The van der Waals surface area contributed by atoms with E-state index in [1.54, 1.807) is 0 Å². The van der Waals surface area contributed by atoms with Gasteiger partial charge < -0.3 is 26.0 Å². The van der Waals surface area contributed by atoms with Gasteiger partial charge in [0.1, 0.15) is 22.1 Å². The fourth-order valence-corrected chi connectivity index (χ4v) is 6.27. The number of aryl methyl sites for hydroxylation is 1. The van der Waals surface area contributed by atoms with Crippen molar-refractivity contribution in [1.29, 1.82) is 0 Å². The van der Waals surface area contributed by atoms with Crippen molar-refractivity contribution >= 4 is 38.8 Å². The van der Waals surface area contributed by atoms with Crippen molar-refractivity contribution in [3.63, 3.8) is 0 Å². The number of carbonyl (C=O) groups is 1. The number of pyridine rings is 1. The van der Waals surface area contributed by atoms with Crippen molar-refractivity contribution in [2.45, 2.75) is 19.4 Å². The van der Waals surface area contributed by atoms with E-state index in [0.29, 0.717) is 17.2 Å².